The van der Waals surface area contributed by atoms with Crippen LogP contribution in [0.25, 0.3) is 0 Å². The summed E-state index contributed by atoms with van der Waals surface area (Å²) in [7, 11) is -3.49. The lowest BCUT2D eigenvalue weighted by Gasteiger charge is -2.33. The van der Waals surface area contributed by atoms with E-state index in [1.54, 1.807) is 35.2 Å². The first-order valence-corrected chi connectivity index (χ1v) is 9.52. The maximum atomic E-state index is 12.3. The highest BCUT2D eigenvalue weighted by atomic mass is 32.2. The van der Waals surface area contributed by atoms with E-state index in [1.807, 2.05) is 0 Å². The average molecular weight is 338 g/mol. The molecule has 0 bridgehead atoms. The number of hydrogen-bond donors (Lipinski definition) is 1. The van der Waals surface area contributed by atoms with Gasteiger partial charge in [-0.05, 0) is 37.8 Å². The van der Waals surface area contributed by atoms with Crippen LogP contribution < -0.4 is 4.72 Å². The summed E-state index contributed by atoms with van der Waals surface area (Å²) in [6.07, 6.45) is 2.69. The van der Waals surface area contributed by atoms with Crippen molar-refractivity contribution in [2.75, 3.05) is 19.7 Å². The second kappa shape index (κ2) is 6.98. The molecule has 2 aliphatic rings. The molecule has 0 radical (unpaired) electrons. The SMILES string of the molecule is O=C(C1CCCO1)N1CCC(NS(=O)(=O)c2ccccc2)CC1. The van der Waals surface area contributed by atoms with Crippen LogP contribution in [0.15, 0.2) is 35.2 Å². The lowest BCUT2D eigenvalue weighted by Crippen LogP contribution is -2.49. The fraction of sp³-hybridized carbons (Fsp3) is 0.562. The lowest BCUT2D eigenvalue weighted by atomic mass is 10.1. The van der Waals surface area contributed by atoms with Gasteiger partial charge in [0.05, 0.1) is 4.90 Å². The summed E-state index contributed by atoms with van der Waals surface area (Å²) in [5.41, 5.74) is 0. The Balaban J connectivity index is 1.54. The summed E-state index contributed by atoms with van der Waals surface area (Å²) in [5.74, 6) is 0.0480. The molecule has 1 unspecified atom stereocenters. The van der Waals surface area contributed by atoms with Gasteiger partial charge in [-0.1, -0.05) is 18.2 Å². The molecule has 2 fully saturated rings. The van der Waals surface area contributed by atoms with Crippen molar-refractivity contribution < 1.29 is 17.9 Å². The van der Waals surface area contributed by atoms with E-state index in [0.29, 0.717) is 32.5 Å². The molecule has 126 valence electrons. The third-order valence-electron chi connectivity index (χ3n) is 4.39. The van der Waals surface area contributed by atoms with E-state index < -0.39 is 10.0 Å². The Labute approximate surface area is 136 Å². The third-order valence-corrected chi connectivity index (χ3v) is 5.92. The Kier molecular flexibility index (Phi) is 4.99. The first-order valence-electron chi connectivity index (χ1n) is 8.04. The number of nitrogens with one attached hydrogen (secondary N) is 1. The molecular weight excluding hydrogens is 316 g/mol. The van der Waals surface area contributed by atoms with Crippen LogP contribution in [-0.2, 0) is 19.6 Å². The van der Waals surface area contributed by atoms with E-state index in [-0.39, 0.29) is 22.9 Å². The molecule has 3 rings (SSSR count). The van der Waals surface area contributed by atoms with Gasteiger partial charge in [0.15, 0.2) is 0 Å². The minimum Gasteiger partial charge on any atom is -0.368 e. The summed E-state index contributed by atoms with van der Waals surface area (Å²) in [4.78, 5) is 14.3. The quantitative estimate of drug-likeness (QED) is 0.893. The van der Waals surface area contributed by atoms with Gasteiger partial charge in [-0.2, -0.15) is 0 Å². The Morgan fingerprint density at radius 3 is 2.43 bits per heavy atom. The Morgan fingerprint density at radius 2 is 1.83 bits per heavy atom. The number of benzene rings is 1. The number of amides is 1. The fourth-order valence-electron chi connectivity index (χ4n) is 3.08. The summed E-state index contributed by atoms with van der Waals surface area (Å²) in [5, 5.41) is 0. The fourth-order valence-corrected chi connectivity index (χ4v) is 4.41. The number of ether oxygens (including phenoxy) is 1. The van der Waals surface area contributed by atoms with Crippen molar-refractivity contribution in [3.05, 3.63) is 30.3 Å². The van der Waals surface area contributed by atoms with E-state index in [9.17, 15) is 13.2 Å². The van der Waals surface area contributed by atoms with Crippen LogP contribution in [0.1, 0.15) is 25.7 Å². The molecular formula is C16H22N2O4S. The summed E-state index contributed by atoms with van der Waals surface area (Å²) >= 11 is 0. The number of carbonyl (C=O) groups is 1. The van der Waals surface area contributed by atoms with Crippen molar-refractivity contribution in [1.82, 2.24) is 9.62 Å². The number of likely N-dealkylation sites (tertiary alicyclic amines) is 1. The molecule has 7 heteroatoms. The van der Waals surface area contributed by atoms with Gasteiger partial charge in [-0.25, -0.2) is 13.1 Å². The molecule has 2 aliphatic heterocycles. The Morgan fingerprint density at radius 1 is 1.13 bits per heavy atom. The topological polar surface area (TPSA) is 75.7 Å². The van der Waals surface area contributed by atoms with E-state index in [4.69, 9.17) is 4.74 Å². The van der Waals surface area contributed by atoms with Crippen LogP contribution in [0.2, 0.25) is 0 Å². The minimum atomic E-state index is -3.49. The van der Waals surface area contributed by atoms with Gasteiger partial charge in [0, 0.05) is 25.7 Å². The minimum absolute atomic E-state index is 0.0480. The molecule has 1 N–H and O–H groups in total. The van der Waals surface area contributed by atoms with Gasteiger partial charge in [0.1, 0.15) is 6.10 Å². The Hall–Kier alpha value is -1.44. The summed E-state index contributed by atoms with van der Waals surface area (Å²) in [6, 6.07) is 8.23. The third kappa shape index (κ3) is 3.91. The maximum Gasteiger partial charge on any atom is 0.251 e. The molecule has 1 atom stereocenters. The zero-order valence-electron chi connectivity index (χ0n) is 13.0. The highest BCUT2D eigenvalue weighted by Crippen LogP contribution is 2.19. The van der Waals surface area contributed by atoms with E-state index >= 15 is 0 Å². The number of piperidine rings is 1. The lowest BCUT2D eigenvalue weighted by molar-refractivity contribution is -0.142. The molecule has 1 amide bonds. The van der Waals surface area contributed by atoms with Gasteiger partial charge in [0.25, 0.3) is 5.91 Å². The molecule has 0 aliphatic carbocycles. The largest absolute Gasteiger partial charge is 0.368 e. The summed E-state index contributed by atoms with van der Waals surface area (Å²) < 4.78 is 32.8. The molecule has 0 aromatic heterocycles. The van der Waals surface area contributed by atoms with Crippen molar-refractivity contribution in [3.8, 4) is 0 Å². The van der Waals surface area contributed by atoms with Crippen molar-refractivity contribution in [3.63, 3.8) is 0 Å². The second-order valence-corrected chi connectivity index (χ2v) is 7.75. The molecule has 6 nitrogen and oxygen atoms in total. The van der Waals surface area contributed by atoms with Crippen LogP contribution in [0.3, 0.4) is 0 Å². The van der Waals surface area contributed by atoms with Crippen LogP contribution in [-0.4, -0.2) is 51.1 Å². The number of rotatable bonds is 4. The van der Waals surface area contributed by atoms with Crippen LogP contribution >= 0.6 is 0 Å². The predicted molar refractivity (Wildman–Crippen MR) is 85.3 cm³/mol. The molecule has 2 saturated heterocycles. The summed E-state index contributed by atoms with van der Waals surface area (Å²) in [6.45, 7) is 1.80. The zero-order valence-corrected chi connectivity index (χ0v) is 13.8. The van der Waals surface area contributed by atoms with E-state index in [0.717, 1.165) is 12.8 Å². The second-order valence-electron chi connectivity index (χ2n) is 6.04. The molecule has 0 saturated carbocycles. The number of nitrogens with zero attached hydrogens (tertiary/aromatic N) is 1. The molecule has 0 spiro atoms. The standard InChI is InChI=1S/C16H22N2O4S/c19-16(15-7-4-12-22-15)18-10-8-13(9-11-18)17-23(20,21)14-5-2-1-3-6-14/h1-3,5-6,13,15,17H,4,7-12H2. The van der Waals surface area contributed by atoms with Crippen molar-refractivity contribution in [2.24, 2.45) is 0 Å². The van der Waals surface area contributed by atoms with Gasteiger partial charge in [-0.3, -0.25) is 4.79 Å². The normalized spacial score (nSPS) is 23.1. The van der Waals surface area contributed by atoms with Crippen LogP contribution in [0.4, 0.5) is 0 Å². The van der Waals surface area contributed by atoms with Crippen molar-refractivity contribution in [1.29, 1.82) is 0 Å². The predicted octanol–water partition coefficient (Wildman–Crippen LogP) is 1.13. The number of sulfonamides is 1. The highest BCUT2D eigenvalue weighted by molar-refractivity contribution is 7.89. The van der Waals surface area contributed by atoms with Gasteiger partial charge < -0.3 is 9.64 Å². The van der Waals surface area contributed by atoms with E-state index in [2.05, 4.69) is 4.72 Å². The number of hydrogen-bond acceptors (Lipinski definition) is 4. The highest BCUT2D eigenvalue weighted by Gasteiger charge is 2.32. The van der Waals surface area contributed by atoms with E-state index in [1.165, 1.54) is 0 Å². The maximum absolute atomic E-state index is 12.3. The van der Waals surface area contributed by atoms with Crippen LogP contribution in [0, 0.1) is 0 Å². The smallest absolute Gasteiger partial charge is 0.251 e. The van der Waals surface area contributed by atoms with Crippen molar-refractivity contribution in [2.45, 2.75) is 42.7 Å². The first-order chi connectivity index (χ1) is 11.1. The van der Waals surface area contributed by atoms with Gasteiger partial charge >= 0.3 is 0 Å². The average Bonchev–Trinajstić information content (AvgIpc) is 3.10. The first kappa shape index (κ1) is 16.4. The molecule has 1 aromatic rings. The Bertz CT molecular complexity index is 633. The van der Waals surface area contributed by atoms with Crippen molar-refractivity contribution >= 4 is 15.9 Å². The zero-order chi connectivity index (χ0) is 16.3. The molecule has 2 heterocycles. The molecule has 23 heavy (non-hydrogen) atoms. The van der Waals surface area contributed by atoms with Gasteiger partial charge in [-0.15, -0.1) is 0 Å². The van der Waals surface area contributed by atoms with Crippen LogP contribution in [0.5, 0.6) is 0 Å². The monoisotopic (exact) mass is 338 g/mol. The number of carbonyl (C=O) groups excluding carboxylic acids is 1. The van der Waals surface area contributed by atoms with Gasteiger partial charge in [0.2, 0.25) is 10.0 Å². The molecule has 1 aromatic carbocycles.